The molecular formula is C31H48N4O6. The average Bonchev–Trinajstić information content (AvgIpc) is 3.28. The Morgan fingerprint density at radius 2 is 1.61 bits per heavy atom. The summed E-state index contributed by atoms with van der Waals surface area (Å²) in [5.74, 6) is -2.16. The van der Waals surface area contributed by atoms with E-state index in [2.05, 4.69) is 4.90 Å². The fourth-order valence-electron chi connectivity index (χ4n) is 7.73. The van der Waals surface area contributed by atoms with Gasteiger partial charge in [0.05, 0.1) is 43.3 Å². The smallest absolute Gasteiger partial charge is 0.249 e. The predicted molar refractivity (Wildman–Crippen MR) is 154 cm³/mol. The highest BCUT2D eigenvalue weighted by molar-refractivity contribution is 6.00. The van der Waals surface area contributed by atoms with Gasteiger partial charge < -0.3 is 29.3 Å². The summed E-state index contributed by atoms with van der Waals surface area (Å²) in [4.78, 5) is 51.1. The third-order valence-electron chi connectivity index (χ3n) is 10.2. The number of aliphatic hydroxyl groups is 1. The Morgan fingerprint density at radius 1 is 0.927 bits per heavy atom. The highest BCUT2D eigenvalue weighted by atomic mass is 16.5. The van der Waals surface area contributed by atoms with Crippen molar-refractivity contribution in [3.63, 3.8) is 0 Å². The molecular weight excluding hydrogens is 524 g/mol. The maximum absolute atomic E-state index is 14.7. The fourth-order valence-corrected chi connectivity index (χ4v) is 7.73. The molecule has 5 aliphatic heterocycles. The summed E-state index contributed by atoms with van der Waals surface area (Å²) in [5.41, 5.74) is -2.28. The van der Waals surface area contributed by atoms with Crippen LogP contribution in [0.3, 0.4) is 0 Å². The average molecular weight is 573 g/mol. The van der Waals surface area contributed by atoms with Crippen LogP contribution in [0.4, 0.5) is 0 Å². The Hall–Kier alpha value is -2.27. The van der Waals surface area contributed by atoms with Crippen molar-refractivity contribution in [1.82, 2.24) is 19.6 Å². The minimum absolute atomic E-state index is 0.0427. The molecule has 0 radical (unpaired) electrons. The number of aliphatic hydroxyl groups excluding tert-OH is 1. The zero-order chi connectivity index (χ0) is 29.4. The van der Waals surface area contributed by atoms with Gasteiger partial charge in [-0.3, -0.25) is 19.3 Å². The van der Waals surface area contributed by atoms with Crippen LogP contribution in [0.5, 0.6) is 0 Å². The molecule has 0 bridgehead atoms. The molecule has 7 atom stereocenters. The number of fused-ring (bicyclic) bond motifs is 2. The number of hydrogen-bond acceptors (Lipinski definition) is 7. The van der Waals surface area contributed by atoms with Gasteiger partial charge in [0.2, 0.25) is 17.7 Å². The zero-order valence-corrected chi connectivity index (χ0v) is 25.2. The molecule has 0 saturated carbocycles. The van der Waals surface area contributed by atoms with Crippen LogP contribution >= 0.6 is 0 Å². The number of ether oxygens (including phenoxy) is 2. The standard InChI is InChI=1S/C31H48N4O6/c1-5-12-33-13-8-10-30(7-3)24(27(33)37)25-28(38)35(23(21-36)22(4)6-2)26-29(39)34(14-9-11-31(25,26)41-30)16-15-32-17-19-40-20-18-32/h8-11,22-26,36H,5-7,12-21H2,1-4H3/t22-,23-,24-,25-,26?,30+,31-/m0/s1. The predicted octanol–water partition coefficient (Wildman–Crippen LogP) is 1.29. The second kappa shape index (κ2) is 12.1. The number of morpholine rings is 1. The number of nitrogens with zero attached hydrogens (tertiary/aromatic N) is 4. The van der Waals surface area contributed by atoms with Gasteiger partial charge in [-0.25, -0.2) is 0 Å². The molecule has 3 saturated heterocycles. The first-order valence-electron chi connectivity index (χ1n) is 15.6. The largest absolute Gasteiger partial charge is 0.394 e. The van der Waals surface area contributed by atoms with Gasteiger partial charge in [0.25, 0.3) is 0 Å². The summed E-state index contributed by atoms with van der Waals surface area (Å²) in [6.07, 6.45) is 9.87. The molecule has 0 aromatic carbocycles. The maximum atomic E-state index is 14.7. The normalized spacial score (nSPS) is 35.3. The topological polar surface area (TPSA) is 103 Å². The van der Waals surface area contributed by atoms with E-state index in [9.17, 15) is 19.5 Å². The van der Waals surface area contributed by atoms with E-state index < -0.39 is 35.1 Å². The second-order valence-electron chi connectivity index (χ2n) is 12.3. The van der Waals surface area contributed by atoms with E-state index in [4.69, 9.17) is 9.47 Å². The Balaban J connectivity index is 1.58. The fraction of sp³-hybridized carbons (Fsp3) is 0.774. The van der Waals surface area contributed by atoms with Crippen LogP contribution < -0.4 is 0 Å². The van der Waals surface area contributed by atoms with Gasteiger partial charge in [-0.2, -0.15) is 0 Å². The first kappa shape index (κ1) is 30.2. The number of carbonyl (C=O) groups is 3. The van der Waals surface area contributed by atoms with E-state index in [1.807, 2.05) is 61.8 Å². The van der Waals surface area contributed by atoms with Crippen molar-refractivity contribution in [2.24, 2.45) is 17.8 Å². The van der Waals surface area contributed by atoms with Gasteiger partial charge in [-0.15, -0.1) is 0 Å². The van der Waals surface area contributed by atoms with Crippen LogP contribution in [-0.2, 0) is 23.9 Å². The molecule has 1 spiro atoms. The summed E-state index contributed by atoms with van der Waals surface area (Å²) < 4.78 is 12.5. The van der Waals surface area contributed by atoms with E-state index in [1.54, 1.807) is 4.90 Å². The lowest BCUT2D eigenvalue weighted by Gasteiger charge is -2.42. The SMILES string of the molecule is CCCN1CC=C[C@@]2(CC)O[C@]34C=CCN(CCN5CCOCC5)C(=O)C3N([C@@H](CO)[C@@H](C)CC)C(=O)[C@@H]4[C@H]2C1=O. The van der Waals surface area contributed by atoms with E-state index in [1.165, 1.54) is 0 Å². The van der Waals surface area contributed by atoms with Crippen molar-refractivity contribution < 1.29 is 29.0 Å². The van der Waals surface area contributed by atoms with Crippen LogP contribution in [0.15, 0.2) is 24.3 Å². The molecule has 0 aliphatic carbocycles. The minimum atomic E-state index is -1.29. The number of amides is 3. The van der Waals surface area contributed by atoms with Crippen LogP contribution in [0.1, 0.15) is 47.0 Å². The van der Waals surface area contributed by atoms with Crippen LogP contribution in [0.2, 0.25) is 0 Å². The van der Waals surface area contributed by atoms with Gasteiger partial charge in [-0.05, 0) is 18.8 Å². The lowest BCUT2D eigenvalue weighted by atomic mass is 9.73. The summed E-state index contributed by atoms with van der Waals surface area (Å²) in [6, 6.07) is -1.51. The van der Waals surface area contributed by atoms with Crippen LogP contribution in [-0.4, -0.2) is 131 Å². The van der Waals surface area contributed by atoms with Gasteiger partial charge in [0, 0.05) is 45.8 Å². The van der Waals surface area contributed by atoms with Gasteiger partial charge >= 0.3 is 0 Å². The summed E-state index contributed by atoms with van der Waals surface area (Å²) in [7, 11) is 0. The highest BCUT2D eigenvalue weighted by Crippen LogP contribution is 2.59. The third kappa shape index (κ3) is 4.94. The van der Waals surface area contributed by atoms with Gasteiger partial charge in [-0.1, -0.05) is 58.4 Å². The Labute approximate surface area is 244 Å². The van der Waals surface area contributed by atoms with E-state index >= 15 is 0 Å². The molecule has 1 N–H and O–H groups in total. The number of likely N-dealkylation sites (tertiary alicyclic amines) is 1. The number of hydrogen-bond donors (Lipinski definition) is 1. The number of carbonyl (C=O) groups excluding carboxylic acids is 3. The molecule has 3 fully saturated rings. The van der Waals surface area contributed by atoms with Crippen molar-refractivity contribution in [2.75, 3.05) is 65.6 Å². The third-order valence-corrected chi connectivity index (χ3v) is 10.2. The molecule has 10 heteroatoms. The lowest BCUT2D eigenvalue weighted by Crippen LogP contribution is -2.60. The number of rotatable bonds is 10. The zero-order valence-electron chi connectivity index (χ0n) is 25.2. The minimum Gasteiger partial charge on any atom is -0.394 e. The monoisotopic (exact) mass is 572 g/mol. The molecule has 10 nitrogen and oxygen atoms in total. The molecule has 5 heterocycles. The Morgan fingerprint density at radius 3 is 2.24 bits per heavy atom. The van der Waals surface area contributed by atoms with Crippen molar-refractivity contribution >= 4 is 17.7 Å². The molecule has 0 aromatic heterocycles. The maximum Gasteiger partial charge on any atom is 0.249 e. The van der Waals surface area contributed by atoms with Gasteiger partial charge in [0.15, 0.2) is 0 Å². The molecule has 5 aliphatic rings. The Bertz CT molecular complexity index is 1060. The summed E-state index contributed by atoms with van der Waals surface area (Å²) in [5, 5.41) is 10.6. The first-order valence-corrected chi connectivity index (χ1v) is 15.6. The molecule has 1 unspecified atom stereocenters. The summed E-state index contributed by atoms with van der Waals surface area (Å²) in [6.45, 7) is 13.5. The van der Waals surface area contributed by atoms with Crippen molar-refractivity contribution in [3.05, 3.63) is 24.3 Å². The van der Waals surface area contributed by atoms with Crippen LogP contribution in [0.25, 0.3) is 0 Å². The molecule has 41 heavy (non-hydrogen) atoms. The summed E-state index contributed by atoms with van der Waals surface area (Å²) >= 11 is 0. The van der Waals surface area contributed by atoms with Crippen molar-refractivity contribution in [2.45, 2.75) is 70.2 Å². The Kier molecular flexibility index (Phi) is 8.95. The second-order valence-corrected chi connectivity index (χ2v) is 12.3. The molecule has 228 valence electrons. The first-order chi connectivity index (χ1) is 19.8. The lowest BCUT2D eigenvalue weighted by molar-refractivity contribution is -0.158. The van der Waals surface area contributed by atoms with E-state index in [0.29, 0.717) is 52.4 Å². The van der Waals surface area contributed by atoms with E-state index in [-0.39, 0.29) is 30.2 Å². The quantitative estimate of drug-likeness (QED) is 0.394. The van der Waals surface area contributed by atoms with Gasteiger partial charge in [0.1, 0.15) is 11.6 Å². The molecule has 5 rings (SSSR count). The van der Waals surface area contributed by atoms with Crippen LogP contribution in [0, 0.1) is 17.8 Å². The van der Waals surface area contributed by atoms with Crippen molar-refractivity contribution in [3.8, 4) is 0 Å². The molecule has 3 amide bonds. The highest BCUT2D eigenvalue weighted by Gasteiger charge is 2.76. The van der Waals surface area contributed by atoms with Crippen molar-refractivity contribution in [1.29, 1.82) is 0 Å². The molecule has 0 aromatic rings. The van der Waals surface area contributed by atoms with E-state index in [0.717, 1.165) is 25.9 Å².